The van der Waals surface area contributed by atoms with E-state index in [1.807, 2.05) is 11.8 Å². The zero-order valence-corrected chi connectivity index (χ0v) is 13.9. The first-order valence-electron chi connectivity index (χ1n) is 7.39. The SMILES string of the molecule is COc1cnc(OC2CCN(C(=O)c3scnc3C)CC2)nc1. The molecule has 0 aliphatic carbocycles. The van der Waals surface area contributed by atoms with Crippen LogP contribution in [0.2, 0.25) is 0 Å². The number of likely N-dealkylation sites (tertiary alicyclic amines) is 1. The average molecular weight is 334 g/mol. The number of rotatable bonds is 4. The van der Waals surface area contributed by atoms with Crippen molar-refractivity contribution in [3.05, 3.63) is 28.5 Å². The molecule has 3 heterocycles. The Labute approximate surface area is 138 Å². The number of ether oxygens (including phenoxy) is 2. The van der Waals surface area contributed by atoms with Gasteiger partial charge in [-0.3, -0.25) is 4.79 Å². The average Bonchev–Trinajstić information content (AvgIpc) is 3.02. The molecular weight excluding hydrogens is 316 g/mol. The first-order valence-corrected chi connectivity index (χ1v) is 8.27. The summed E-state index contributed by atoms with van der Waals surface area (Å²) in [5.74, 6) is 0.654. The van der Waals surface area contributed by atoms with Gasteiger partial charge in [0.2, 0.25) is 0 Å². The summed E-state index contributed by atoms with van der Waals surface area (Å²) in [5.41, 5.74) is 2.50. The zero-order valence-electron chi connectivity index (χ0n) is 13.1. The third-order valence-corrected chi connectivity index (χ3v) is 4.70. The summed E-state index contributed by atoms with van der Waals surface area (Å²) in [7, 11) is 1.57. The second-order valence-electron chi connectivity index (χ2n) is 5.28. The second-order valence-corrected chi connectivity index (χ2v) is 6.14. The Morgan fingerprint density at radius 2 is 1.96 bits per heavy atom. The van der Waals surface area contributed by atoms with Gasteiger partial charge in [0.05, 0.1) is 30.7 Å². The minimum absolute atomic E-state index is 0.0232. The molecule has 0 unspecified atom stereocenters. The van der Waals surface area contributed by atoms with Crippen LogP contribution in [0.1, 0.15) is 28.2 Å². The molecular formula is C15H18N4O3S. The van der Waals surface area contributed by atoms with Crippen LogP contribution >= 0.6 is 11.3 Å². The number of thiazole rings is 1. The fourth-order valence-corrected chi connectivity index (χ4v) is 3.22. The topological polar surface area (TPSA) is 77.4 Å². The monoisotopic (exact) mass is 334 g/mol. The Bertz CT molecular complexity index is 666. The third-order valence-electron chi connectivity index (χ3n) is 3.78. The van der Waals surface area contributed by atoms with E-state index in [0.717, 1.165) is 23.4 Å². The summed E-state index contributed by atoms with van der Waals surface area (Å²) in [6, 6.07) is 0.342. The van der Waals surface area contributed by atoms with Crippen LogP contribution in [0, 0.1) is 6.92 Å². The molecule has 1 aliphatic heterocycles. The van der Waals surface area contributed by atoms with Crippen LogP contribution in [0.25, 0.3) is 0 Å². The third kappa shape index (κ3) is 3.58. The lowest BCUT2D eigenvalue weighted by Crippen LogP contribution is -2.41. The molecule has 23 heavy (non-hydrogen) atoms. The van der Waals surface area contributed by atoms with Crippen molar-refractivity contribution in [2.75, 3.05) is 20.2 Å². The lowest BCUT2D eigenvalue weighted by atomic mass is 10.1. The summed E-state index contributed by atoms with van der Waals surface area (Å²) in [4.78, 5) is 27.4. The van der Waals surface area contributed by atoms with E-state index in [9.17, 15) is 4.79 Å². The molecule has 122 valence electrons. The van der Waals surface area contributed by atoms with E-state index >= 15 is 0 Å². The van der Waals surface area contributed by atoms with Gasteiger partial charge in [-0.1, -0.05) is 0 Å². The van der Waals surface area contributed by atoms with E-state index in [-0.39, 0.29) is 12.0 Å². The van der Waals surface area contributed by atoms with E-state index in [2.05, 4.69) is 15.0 Å². The van der Waals surface area contributed by atoms with Crippen molar-refractivity contribution in [1.29, 1.82) is 0 Å². The van der Waals surface area contributed by atoms with Gasteiger partial charge >= 0.3 is 6.01 Å². The number of piperidine rings is 1. The minimum atomic E-state index is 0.0232. The van der Waals surface area contributed by atoms with Gasteiger partial charge in [-0.05, 0) is 6.92 Å². The lowest BCUT2D eigenvalue weighted by Gasteiger charge is -2.31. The van der Waals surface area contributed by atoms with Crippen molar-refractivity contribution in [1.82, 2.24) is 19.9 Å². The molecule has 1 saturated heterocycles. The van der Waals surface area contributed by atoms with Gasteiger partial charge in [-0.2, -0.15) is 9.97 Å². The zero-order chi connectivity index (χ0) is 16.2. The van der Waals surface area contributed by atoms with Gasteiger partial charge in [0.15, 0.2) is 5.75 Å². The molecule has 3 rings (SSSR count). The standard InChI is InChI=1S/C15H18N4O3S/c1-10-13(23-9-18-10)14(20)19-5-3-11(4-6-19)22-15-16-7-12(21-2)8-17-15/h7-9,11H,3-6H2,1-2H3. The number of methoxy groups -OCH3 is 1. The molecule has 1 amide bonds. The molecule has 2 aromatic rings. The number of hydrogen-bond acceptors (Lipinski definition) is 7. The van der Waals surface area contributed by atoms with Gasteiger partial charge < -0.3 is 14.4 Å². The fraction of sp³-hybridized carbons (Fsp3) is 0.467. The van der Waals surface area contributed by atoms with E-state index in [1.54, 1.807) is 25.0 Å². The van der Waals surface area contributed by atoms with Crippen LogP contribution in [0.3, 0.4) is 0 Å². The summed E-state index contributed by atoms with van der Waals surface area (Å²) in [6.07, 6.45) is 4.70. The Morgan fingerprint density at radius 1 is 1.26 bits per heavy atom. The van der Waals surface area contributed by atoms with Crippen LogP contribution in [0.15, 0.2) is 17.9 Å². The highest BCUT2D eigenvalue weighted by atomic mass is 32.1. The van der Waals surface area contributed by atoms with Gasteiger partial charge in [0, 0.05) is 25.9 Å². The van der Waals surface area contributed by atoms with Gasteiger partial charge in [-0.15, -0.1) is 11.3 Å². The fourth-order valence-electron chi connectivity index (χ4n) is 2.45. The van der Waals surface area contributed by atoms with Crippen LogP contribution < -0.4 is 9.47 Å². The van der Waals surface area contributed by atoms with Crippen molar-refractivity contribution in [3.63, 3.8) is 0 Å². The van der Waals surface area contributed by atoms with Gasteiger partial charge in [0.1, 0.15) is 11.0 Å². The maximum atomic E-state index is 12.4. The first kappa shape index (κ1) is 15.7. The Hall–Kier alpha value is -2.22. The number of hydrogen-bond donors (Lipinski definition) is 0. The van der Waals surface area contributed by atoms with Crippen LogP contribution in [-0.2, 0) is 0 Å². The van der Waals surface area contributed by atoms with E-state index in [0.29, 0.717) is 24.8 Å². The highest BCUT2D eigenvalue weighted by molar-refractivity contribution is 7.11. The molecule has 0 atom stereocenters. The van der Waals surface area contributed by atoms with Crippen molar-refractivity contribution >= 4 is 17.2 Å². The number of carbonyl (C=O) groups is 1. The summed E-state index contributed by atoms with van der Waals surface area (Å²) >= 11 is 1.39. The Morgan fingerprint density at radius 3 is 2.52 bits per heavy atom. The molecule has 0 bridgehead atoms. The summed E-state index contributed by atoms with van der Waals surface area (Å²) < 4.78 is 10.8. The number of aromatic nitrogens is 3. The van der Waals surface area contributed by atoms with Gasteiger partial charge in [-0.25, -0.2) is 4.98 Å². The Balaban J connectivity index is 1.54. The van der Waals surface area contributed by atoms with Crippen molar-refractivity contribution in [2.24, 2.45) is 0 Å². The van der Waals surface area contributed by atoms with Crippen LogP contribution in [0.4, 0.5) is 0 Å². The highest BCUT2D eigenvalue weighted by Crippen LogP contribution is 2.21. The normalized spacial score (nSPS) is 15.5. The Kier molecular flexibility index (Phi) is 4.71. The molecule has 7 nitrogen and oxygen atoms in total. The molecule has 0 saturated carbocycles. The molecule has 0 aromatic carbocycles. The molecule has 0 spiro atoms. The molecule has 8 heteroatoms. The van der Waals surface area contributed by atoms with E-state index in [1.165, 1.54) is 11.3 Å². The predicted molar refractivity (Wildman–Crippen MR) is 85.0 cm³/mol. The van der Waals surface area contributed by atoms with Crippen LogP contribution in [0.5, 0.6) is 11.8 Å². The molecule has 1 fully saturated rings. The van der Waals surface area contributed by atoms with Crippen molar-refractivity contribution < 1.29 is 14.3 Å². The molecule has 0 N–H and O–H groups in total. The smallest absolute Gasteiger partial charge is 0.316 e. The predicted octanol–water partition coefficient (Wildman–Crippen LogP) is 1.93. The summed E-state index contributed by atoms with van der Waals surface area (Å²) in [5, 5.41) is 0. The quantitative estimate of drug-likeness (QED) is 0.850. The van der Waals surface area contributed by atoms with Crippen molar-refractivity contribution in [3.8, 4) is 11.8 Å². The molecule has 2 aromatic heterocycles. The van der Waals surface area contributed by atoms with Gasteiger partial charge in [0.25, 0.3) is 5.91 Å². The molecule has 0 radical (unpaired) electrons. The lowest BCUT2D eigenvalue weighted by molar-refractivity contribution is 0.0582. The highest BCUT2D eigenvalue weighted by Gasteiger charge is 2.26. The number of carbonyl (C=O) groups excluding carboxylic acids is 1. The maximum Gasteiger partial charge on any atom is 0.316 e. The first-order chi connectivity index (χ1) is 11.2. The second kappa shape index (κ2) is 6.91. The van der Waals surface area contributed by atoms with Crippen LogP contribution in [-0.4, -0.2) is 52.1 Å². The number of amides is 1. The molecule has 1 aliphatic rings. The van der Waals surface area contributed by atoms with Crippen molar-refractivity contribution in [2.45, 2.75) is 25.9 Å². The number of aryl methyl sites for hydroxylation is 1. The summed E-state index contributed by atoms with van der Waals surface area (Å²) in [6.45, 7) is 3.19. The van der Waals surface area contributed by atoms with E-state index in [4.69, 9.17) is 9.47 Å². The van der Waals surface area contributed by atoms with E-state index < -0.39 is 0 Å². The number of nitrogens with zero attached hydrogens (tertiary/aromatic N) is 4. The maximum absolute atomic E-state index is 12.4. The largest absolute Gasteiger partial charge is 0.494 e. The minimum Gasteiger partial charge on any atom is -0.494 e.